The van der Waals surface area contributed by atoms with Crippen LogP contribution in [0.4, 0.5) is 17.1 Å². The first-order chi connectivity index (χ1) is 12.2. The summed E-state index contributed by atoms with van der Waals surface area (Å²) in [5.74, 6) is -0.276. The summed E-state index contributed by atoms with van der Waals surface area (Å²) in [5.41, 5.74) is 0.154. The zero-order chi connectivity index (χ0) is 19.3. The summed E-state index contributed by atoms with van der Waals surface area (Å²) in [5, 5.41) is 16.7. The van der Waals surface area contributed by atoms with Gasteiger partial charge in [0.1, 0.15) is 10.6 Å². The summed E-state index contributed by atoms with van der Waals surface area (Å²) < 4.78 is 24.3. The number of sulfone groups is 1. The van der Waals surface area contributed by atoms with Crippen molar-refractivity contribution in [1.82, 2.24) is 0 Å². The number of carbonyl (C=O) groups excluding carboxylic acids is 1. The first-order valence-corrected chi connectivity index (χ1v) is 10.1. The van der Waals surface area contributed by atoms with Gasteiger partial charge in [-0.15, -0.1) is 0 Å². The van der Waals surface area contributed by atoms with Gasteiger partial charge in [-0.3, -0.25) is 14.9 Å². The Morgan fingerprint density at radius 1 is 1.19 bits per heavy atom. The number of nitro benzene ring substituents is 1. The molecule has 2 N–H and O–H groups in total. The highest BCUT2D eigenvalue weighted by atomic mass is 79.9. The zero-order valence-electron chi connectivity index (χ0n) is 13.7. The van der Waals surface area contributed by atoms with Gasteiger partial charge in [0.2, 0.25) is 5.91 Å². The Morgan fingerprint density at radius 2 is 1.85 bits per heavy atom. The lowest BCUT2D eigenvalue weighted by Crippen LogP contribution is -2.17. The Kier molecular flexibility index (Phi) is 6.32. The van der Waals surface area contributed by atoms with Crippen LogP contribution in [0.25, 0.3) is 0 Å². The molecule has 8 nitrogen and oxygen atoms in total. The van der Waals surface area contributed by atoms with Crippen molar-refractivity contribution in [3.05, 3.63) is 57.1 Å². The van der Waals surface area contributed by atoms with Crippen LogP contribution >= 0.6 is 15.9 Å². The highest BCUT2D eigenvalue weighted by Crippen LogP contribution is 2.31. The van der Waals surface area contributed by atoms with Crippen LogP contribution < -0.4 is 10.6 Å². The minimum Gasteiger partial charge on any atom is -0.379 e. The second-order valence-electron chi connectivity index (χ2n) is 5.41. The van der Waals surface area contributed by atoms with E-state index in [-0.39, 0.29) is 29.5 Å². The highest BCUT2D eigenvalue weighted by Gasteiger charge is 2.25. The van der Waals surface area contributed by atoms with Gasteiger partial charge in [-0.25, -0.2) is 8.42 Å². The number of nitrogens with one attached hydrogen (secondary N) is 2. The molecule has 2 aromatic carbocycles. The molecular formula is C16H16BrN3O5S. The molecule has 0 aliphatic rings. The van der Waals surface area contributed by atoms with Crippen LogP contribution in [-0.4, -0.2) is 32.0 Å². The molecule has 0 bridgehead atoms. The number of hydrogen-bond donors (Lipinski definition) is 2. The molecule has 0 spiro atoms. The van der Waals surface area contributed by atoms with Crippen LogP contribution in [0.2, 0.25) is 0 Å². The van der Waals surface area contributed by atoms with E-state index >= 15 is 0 Å². The van der Waals surface area contributed by atoms with E-state index in [1.165, 1.54) is 18.2 Å². The van der Waals surface area contributed by atoms with E-state index in [4.69, 9.17) is 0 Å². The average molecular weight is 442 g/mol. The fourth-order valence-electron chi connectivity index (χ4n) is 2.22. The van der Waals surface area contributed by atoms with Gasteiger partial charge in [0.05, 0.1) is 4.92 Å². The number of benzene rings is 2. The number of anilines is 2. The molecule has 26 heavy (non-hydrogen) atoms. The third-order valence-electron chi connectivity index (χ3n) is 3.38. The third kappa shape index (κ3) is 5.27. The van der Waals surface area contributed by atoms with E-state index in [0.29, 0.717) is 5.69 Å². The molecule has 1 amide bonds. The van der Waals surface area contributed by atoms with Crippen molar-refractivity contribution in [2.75, 3.05) is 23.4 Å². The third-order valence-corrected chi connectivity index (χ3v) is 5.03. The van der Waals surface area contributed by atoms with Gasteiger partial charge >= 0.3 is 5.69 Å². The number of carbonyl (C=O) groups is 1. The molecule has 0 fully saturated rings. The zero-order valence-corrected chi connectivity index (χ0v) is 16.1. The number of para-hydroxylation sites is 1. The van der Waals surface area contributed by atoms with Crippen LogP contribution in [0.1, 0.15) is 6.42 Å². The normalized spacial score (nSPS) is 11.0. The van der Waals surface area contributed by atoms with Gasteiger partial charge in [-0.2, -0.15) is 0 Å². The molecule has 0 saturated carbocycles. The number of amides is 1. The van der Waals surface area contributed by atoms with Crippen LogP contribution in [0.3, 0.4) is 0 Å². The summed E-state index contributed by atoms with van der Waals surface area (Å²) in [6.45, 7) is 0.108. The number of nitro groups is 1. The molecule has 2 rings (SSSR count). The van der Waals surface area contributed by atoms with E-state index in [9.17, 15) is 23.3 Å². The van der Waals surface area contributed by atoms with Crippen LogP contribution in [0, 0.1) is 10.1 Å². The fraction of sp³-hybridized carbons (Fsp3) is 0.188. The molecule has 0 aliphatic heterocycles. The van der Waals surface area contributed by atoms with Gasteiger partial charge in [-0.05, 0) is 36.4 Å². The number of hydrogen-bond acceptors (Lipinski definition) is 6. The summed E-state index contributed by atoms with van der Waals surface area (Å²) in [6, 6.07) is 11.0. The van der Waals surface area contributed by atoms with Crippen molar-refractivity contribution < 1.29 is 18.1 Å². The predicted molar refractivity (Wildman–Crippen MR) is 102 cm³/mol. The molecular weight excluding hydrogens is 426 g/mol. The Hall–Kier alpha value is -2.46. The summed E-state index contributed by atoms with van der Waals surface area (Å²) in [6.07, 6.45) is 0.959. The van der Waals surface area contributed by atoms with Gasteiger partial charge in [0, 0.05) is 29.4 Å². The van der Waals surface area contributed by atoms with Crippen molar-refractivity contribution in [2.24, 2.45) is 0 Å². The topological polar surface area (TPSA) is 118 Å². The van der Waals surface area contributed by atoms with E-state index in [0.717, 1.165) is 10.7 Å². The van der Waals surface area contributed by atoms with Gasteiger partial charge in [0.25, 0.3) is 0 Å². The molecule has 0 heterocycles. The number of rotatable bonds is 7. The molecule has 10 heteroatoms. The maximum atomic E-state index is 11.9. The SMILES string of the molecule is CS(=O)(=O)c1cccc(NCCC(=O)Nc2ccc(Br)cc2)c1[N+](=O)[O-]. The lowest BCUT2D eigenvalue weighted by molar-refractivity contribution is -0.386. The van der Waals surface area contributed by atoms with Crippen molar-refractivity contribution in [1.29, 1.82) is 0 Å². The Balaban J connectivity index is 2.04. The minimum absolute atomic E-state index is 0.0503. The largest absolute Gasteiger partial charge is 0.379 e. The van der Waals surface area contributed by atoms with Crippen molar-refractivity contribution in [3.63, 3.8) is 0 Å². The summed E-state index contributed by atoms with van der Waals surface area (Å²) >= 11 is 3.30. The Morgan fingerprint density at radius 3 is 2.42 bits per heavy atom. The van der Waals surface area contributed by atoms with E-state index in [2.05, 4.69) is 26.6 Å². The monoisotopic (exact) mass is 441 g/mol. The Labute approximate surface area is 158 Å². The maximum Gasteiger partial charge on any atom is 0.310 e. The van der Waals surface area contributed by atoms with Crippen LogP contribution in [0.5, 0.6) is 0 Å². The second-order valence-corrected chi connectivity index (χ2v) is 8.31. The van der Waals surface area contributed by atoms with Crippen LogP contribution in [-0.2, 0) is 14.6 Å². The van der Waals surface area contributed by atoms with Crippen molar-refractivity contribution >= 4 is 48.7 Å². The lowest BCUT2D eigenvalue weighted by Gasteiger charge is -2.10. The number of nitrogens with zero attached hydrogens (tertiary/aromatic N) is 1. The lowest BCUT2D eigenvalue weighted by atomic mass is 10.2. The van der Waals surface area contributed by atoms with Gasteiger partial charge in [0.15, 0.2) is 9.84 Å². The van der Waals surface area contributed by atoms with Crippen molar-refractivity contribution in [3.8, 4) is 0 Å². The molecule has 0 radical (unpaired) electrons. The summed E-state index contributed by atoms with van der Waals surface area (Å²) in [7, 11) is -3.75. The van der Waals surface area contributed by atoms with Gasteiger partial charge in [-0.1, -0.05) is 22.0 Å². The average Bonchev–Trinajstić information content (AvgIpc) is 2.55. The molecule has 0 aliphatic carbocycles. The summed E-state index contributed by atoms with van der Waals surface area (Å²) in [4.78, 5) is 22.1. The predicted octanol–water partition coefficient (Wildman–Crippen LogP) is 3.20. The molecule has 138 valence electrons. The maximum absolute atomic E-state index is 11.9. The number of halogens is 1. The molecule has 0 saturated heterocycles. The van der Waals surface area contributed by atoms with Crippen LogP contribution in [0.15, 0.2) is 51.8 Å². The Bertz CT molecular complexity index is 929. The minimum atomic E-state index is -3.75. The standard InChI is InChI=1S/C16H16BrN3O5S/c1-26(24,25)14-4-2-3-13(16(14)20(22)23)18-10-9-15(21)19-12-7-5-11(17)6-8-12/h2-8,18H,9-10H2,1H3,(H,19,21). The second kappa shape index (κ2) is 8.28. The van der Waals surface area contributed by atoms with E-state index < -0.39 is 20.4 Å². The van der Waals surface area contributed by atoms with Gasteiger partial charge < -0.3 is 10.6 Å². The smallest absolute Gasteiger partial charge is 0.310 e. The van der Waals surface area contributed by atoms with E-state index in [1.807, 2.05) is 0 Å². The molecule has 0 aromatic heterocycles. The molecule has 0 unspecified atom stereocenters. The highest BCUT2D eigenvalue weighted by molar-refractivity contribution is 9.10. The first kappa shape index (κ1) is 19.9. The molecule has 0 atom stereocenters. The van der Waals surface area contributed by atoms with E-state index in [1.54, 1.807) is 24.3 Å². The first-order valence-electron chi connectivity index (χ1n) is 7.45. The fourth-order valence-corrected chi connectivity index (χ4v) is 3.35. The molecule has 2 aromatic rings. The quantitative estimate of drug-likeness (QED) is 0.502. The van der Waals surface area contributed by atoms with Crippen molar-refractivity contribution in [2.45, 2.75) is 11.3 Å².